The lowest BCUT2D eigenvalue weighted by atomic mass is 9.90. The zero-order chi connectivity index (χ0) is 26.8. The molecule has 6 nitrogen and oxygen atoms in total. The molecule has 6 rings (SSSR count). The van der Waals surface area contributed by atoms with Crippen molar-refractivity contribution in [3.63, 3.8) is 0 Å². The number of benzene rings is 4. The maximum absolute atomic E-state index is 9.54. The second-order valence-electron chi connectivity index (χ2n) is 10.2. The molecule has 6 heteroatoms. The molecular weight excluding hydrogens is 486 g/mol. The summed E-state index contributed by atoms with van der Waals surface area (Å²) in [5.74, 6) is 0.0757. The van der Waals surface area contributed by atoms with Crippen LogP contribution in [0, 0.1) is 5.92 Å². The van der Waals surface area contributed by atoms with E-state index in [0.29, 0.717) is 13.1 Å². The highest BCUT2D eigenvalue weighted by atomic mass is 16.7. The highest BCUT2D eigenvalue weighted by Gasteiger charge is 2.38. The molecule has 0 unspecified atom stereocenters. The molecule has 0 spiro atoms. The van der Waals surface area contributed by atoms with Crippen molar-refractivity contribution >= 4 is 11.0 Å². The molecule has 1 fully saturated rings. The second kappa shape index (κ2) is 11.1. The summed E-state index contributed by atoms with van der Waals surface area (Å²) < 4.78 is 15.6. The smallest absolute Gasteiger partial charge is 0.185 e. The minimum Gasteiger partial charge on any atom is -0.392 e. The highest BCUT2D eigenvalue weighted by molar-refractivity contribution is 5.74. The van der Waals surface area contributed by atoms with Crippen molar-refractivity contribution in [1.82, 2.24) is 9.55 Å². The number of aliphatic hydroxyl groups excluding tert-OH is 1. The number of fused-ring (bicyclic) bond motifs is 1. The third-order valence-corrected chi connectivity index (χ3v) is 7.68. The van der Waals surface area contributed by atoms with Crippen LogP contribution in [-0.2, 0) is 29.2 Å². The fourth-order valence-electron chi connectivity index (χ4n) is 5.42. The van der Waals surface area contributed by atoms with Gasteiger partial charge in [-0.05, 0) is 52.1 Å². The first kappa shape index (κ1) is 25.5. The van der Waals surface area contributed by atoms with Gasteiger partial charge in [-0.25, -0.2) is 4.98 Å². The largest absolute Gasteiger partial charge is 0.392 e. The van der Waals surface area contributed by atoms with Crippen molar-refractivity contribution in [1.29, 1.82) is 0 Å². The summed E-state index contributed by atoms with van der Waals surface area (Å²) in [6.45, 7) is 3.35. The molecule has 1 aromatic heterocycles. The molecule has 1 aliphatic rings. The molecule has 2 heterocycles. The van der Waals surface area contributed by atoms with E-state index in [1.54, 1.807) is 0 Å². The number of aromatic nitrogens is 2. The van der Waals surface area contributed by atoms with Crippen LogP contribution in [-0.4, -0.2) is 20.8 Å². The van der Waals surface area contributed by atoms with Crippen molar-refractivity contribution < 1.29 is 14.6 Å². The van der Waals surface area contributed by atoms with Crippen molar-refractivity contribution in [2.45, 2.75) is 45.1 Å². The average Bonchev–Trinajstić information content (AvgIpc) is 3.41. The number of para-hydroxylation sites is 2. The van der Waals surface area contributed by atoms with E-state index in [4.69, 9.17) is 15.2 Å². The van der Waals surface area contributed by atoms with Gasteiger partial charge in [-0.3, -0.25) is 0 Å². The summed E-state index contributed by atoms with van der Waals surface area (Å²) in [6, 6.07) is 32.8. The van der Waals surface area contributed by atoms with Crippen molar-refractivity contribution in [2.75, 3.05) is 0 Å². The predicted octanol–water partition coefficient (Wildman–Crippen LogP) is 6.15. The minimum atomic E-state index is -0.541. The van der Waals surface area contributed by atoms with Gasteiger partial charge in [-0.2, -0.15) is 0 Å². The van der Waals surface area contributed by atoms with Crippen LogP contribution in [0.2, 0.25) is 0 Å². The number of nitrogens with zero attached hydrogens (tertiary/aromatic N) is 2. The number of rotatable bonds is 7. The molecule has 0 radical (unpaired) electrons. The Bertz CT molecular complexity index is 1560. The first-order chi connectivity index (χ1) is 19.1. The Morgan fingerprint density at radius 2 is 1.59 bits per heavy atom. The van der Waals surface area contributed by atoms with Crippen molar-refractivity contribution in [3.05, 3.63) is 126 Å². The van der Waals surface area contributed by atoms with Crippen LogP contribution in [0.3, 0.4) is 0 Å². The van der Waals surface area contributed by atoms with E-state index >= 15 is 0 Å². The van der Waals surface area contributed by atoms with E-state index in [1.807, 2.05) is 67.0 Å². The molecule has 0 amide bonds. The SMILES string of the molecule is C[C@H]1[C@@H](Cn2cnc3ccccc32)O[C@@H](c2cccc(-c3cccc(CN)c3)c2)O[C@H]1c1ccc(CO)cc1. The van der Waals surface area contributed by atoms with E-state index in [-0.39, 0.29) is 24.7 Å². The first-order valence-electron chi connectivity index (χ1n) is 13.4. The van der Waals surface area contributed by atoms with Crippen LogP contribution < -0.4 is 5.73 Å². The van der Waals surface area contributed by atoms with Crippen LogP contribution in [0.15, 0.2) is 103 Å². The molecule has 0 bridgehead atoms. The normalized spacial score (nSPS) is 21.3. The molecule has 198 valence electrons. The Labute approximate surface area is 228 Å². The molecule has 4 aromatic carbocycles. The Morgan fingerprint density at radius 3 is 2.38 bits per heavy atom. The van der Waals surface area contributed by atoms with Crippen molar-refractivity contribution in [2.24, 2.45) is 11.7 Å². The predicted molar refractivity (Wildman–Crippen MR) is 152 cm³/mol. The monoisotopic (exact) mass is 519 g/mol. The molecule has 39 heavy (non-hydrogen) atoms. The van der Waals surface area contributed by atoms with Gasteiger partial charge in [0.2, 0.25) is 0 Å². The maximum atomic E-state index is 9.54. The van der Waals surface area contributed by atoms with Crippen LogP contribution >= 0.6 is 0 Å². The molecule has 3 N–H and O–H groups in total. The van der Waals surface area contributed by atoms with Crippen LogP contribution in [0.1, 0.15) is 41.6 Å². The van der Waals surface area contributed by atoms with Crippen LogP contribution in [0.25, 0.3) is 22.2 Å². The lowest BCUT2D eigenvalue weighted by Crippen LogP contribution is -2.39. The standard InChI is InChI=1S/C33H33N3O3/c1-22-31(19-36-21-35-29-10-2-3-11-30(29)36)38-33(39-32(22)25-14-12-23(20-37)13-15-25)28-9-5-8-27(17-28)26-7-4-6-24(16-26)18-34/h2-17,21-22,31-33,37H,18-20,34H2,1H3/t22-,31+,32+,33+/m0/s1. The molecule has 0 saturated carbocycles. The van der Waals surface area contributed by atoms with Gasteiger partial charge in [-0.15, -0.1) is 0 Å². The number of ether oxygens (including phenoxy) is 2. The summed E-state index contributed by atoms with van der Waals surface area (Å²) in [4.78, 5) is 4.59. The van der Waals surface area contributed by atoms with Gasteiger partial charge in [0.15, 0.2) is 6.29 Å². The van der Waals surface area contributed by atoms with E-state index in [1.165, 1.54) is 0 Å². The van der Waals surface area contributed by atoms with Crippen molar-refractivity contribution in [3.8, 4) is 11.1 Å². The summed E-state index contributed by atoms with van der Waals surface area (Å²) in [7, 11) is 0. The average molecular weight is 520 g/mol. The first-order valence-corrected chi connectivity index (χ1v) is 13.4. The Morgan fingerprint density at radius 1 is 0.821 bits per heavy atom. The number of nitrogens with two attached hydrogens (primary N) is 1. The number of hydrogen-bond acceptors (Lipinski definition) is 5. The molecular formula is C33H33N3O3. The topological polar surface area (TPSA) is 82.5 Å². The molecule has 0 aliphatic carbocycles. The van der Waals surface area contributed by atoms with E-state index < -0.39 is 6.29 Å². The fourth-order valence-corrected chi connectivity index (χ4v) is 5.42. The van der Waals surface area contributed by atoms with Gasteiger partial charge in [0, 0.05) is 18.0 Å². The van der Waals surface area contributed by atoms with Gasteiger partial charge in [-0.1, -0.05) is 79.7 Å². The molecule has 1 aliphatic heterocycles. The fraction of sp³-hybridized carbons (Fsp3) is 0.242. The van der Waals surface area contributed by atoms with Gasteiger partial charge in [0.05, 0.1) is 42.7 Å². The quantitative estimate of drug-likeness (QED) is 0.270. The second-order valence-corrected chi connectivity index (χ2v) is 10.2. The van der Waals surface area contributed by atoms with Crippen LogP contribution in [0.4, 0.5) is 0 Å². The van der Waals surface area contributed by atoms with Crippen LogP contribution in [0.5, 0.6) is 0 Å². The maximum Gasteiger partial charge on any atom is 0.185 e. The number of hydrogen-bond donors (Lipinski definition) is 2. The lowest BCUT2D eigenvalue weighted by molar-refractivity contribution is -0.276. The zero-order valence-electron chi connectivity index (χ0n) is 22.0. The minimum absolute atomic E-state index is 0.0154. The Balaban J connectivity index is 1.35. The third kappa shape index (κ3) is 5.24. The van der Waals surface area contributed by atoms with Gasteiger partial charge in [0.25, 0.3) is 0 Å². The highest BCUT2D eigenvalue weighted by Crippen LogP contribution is 2.42. The van der Waals surface area contributed by atoms with E-state index in [0.717, 1.165) is 44.4 Å². The van der Waals surface area contributed by atoms with Gasteiger partial charge in [0.1, 0.15) is 0 Å². The van der Waals surface area contributed by atoms with Gasteiger partial charge >= 0.3 is 0 Å². The van der Waals surface area contributed by atoms with E-state index in [9.17, 15) is 5.11 Å². The molecule has 5 aromatic rings. The zero-order valence-corrected chi connectivity index (χ0v) is 22.0. The Hall–Kier alpha value is -3.81. The van der Waals surface area contributed by atoms with E-state index in [2.05, 4.69) is 52.9 Å². The number of aliphatic hydroxyl groups is 1. The van der Waals surface area contributed by atoms with Gasteiger partial charge < -0.3 is 24.9 Å². The lowest BCUT2D eigenvalue weighted by Gasteiger charge is -2.41. The number of imidazole rings is 1. The third-order valence-electron chi connectivity index (χ3n) is 7.68. The Kier molecular flexibility index (Phi) is 7.26. The summed E-state index contributed by atoms with van der Waals surface area (Å²) >= 11 is 0. The summed E-state index contributed by atoms with van der Waals surface area (Å²) in [5.41, 5.74) is 14.2. The summed E-state index contributed by atoms with van der Waals surface area (Å²) in [5, 5.41) is 9.54. The summed E-state index contributed by atoms with van der Waals surface area (Å²) in [6.07, 6.45) is 1.05. The molecule has 1 saturated heterocycles. The molecule has 4 atom stereocenters.